The summed E-state index contributed by atoms with van der Waals surface area (Å²) >= 11 is 0. The predicted octanol–water partition coefficient (Wildman–Crippen LogP) is 4.07. The highest BCUT2D eigenvalue weighted by Gasteiger charge is 2.31. The molecule has 2 N–H and O–H groups in total. The van der Waals surface area contributed by atoms with Gasteiger partial charge in [-0.25, -0.2) is 14.8 Å². The highest BCUT2D eigenvalue weighted by Crippen LogP contribution is 2.33. The Balaban J connectivity index is 1.41. The molecule has 0 bridgehead atoms. The van der Waals surface area contributed by atoms with Crippen LogP contribution in [0.4, 0.5) is 22.0 Å². The molecule has 5 rings (SSSR count). The van der Waals surface area contributed by atoms with Gasteiger partial charge in [0.1, 0.15) is 17.9 Å². The summed E-state index contributed by atoms with van der Waals surface area (Å²) in [6, 6.07) is 11.6. The zero-order valence-electron chi connectivity index (χ0n) is 19.3. The Morgan fingerprint density at radius 1 is 1.18 bits per heavy atom. The summed E-state index contributed by atoms with van der Waals surface area (Å²) in [4.78, 5) is 26.4. The monoisotopic (exact) mass is 456 g/mol. The molecule has 0 aliphatic carbocycles. The van der Waals surface area contributed by atoms with Crippen molar-refractivity contribution in [3.8, 4) is 18.1 Å². The van der Waals surface area contributed by atoms with Crippen molar-refractivity contribution in [1.29, 1.82) is 0 Å². The summed E-state index contributed by atoms with van der Waals surface area (Å²) in [7, 11) is 1.59. The average Bonchev–Trinajstić information content (AvgIpc) is 2.88. The summed E-state index contributed by atoms with van der Waals surface area (Å²) in [5.74, 6) is 3.81. The Morgan fingerprint density at radius 3 is 2.94 bits per heavy atom. The average molecular weight is 457 g/mol. The van der Waals surface area contributed by atoms with Crippen molar-refractivity contribution < 1.29 is 9.53 Å². The number of benzene rings is 2. The van der Waals surface area contributed by atoms with E-state index in [4.69, 9.17) is 11.2 Å². The van der Waals surface area contributed by atoms with Gasteiger partial charge >= 0.3 is 6.03 Å². The van der Waals surface area contributed by atoms with Crippen LogP contribution in [-0.2, 0) is 0 Å². The lowest BCUT2D eigenvalue weighted by Gasteiger charge is -2.43. The third-order valence-electron chi connectivity index (χ3n) is 6.61. The van der Waals surface area contributed by atoms with Crippen LogP contribution in [0.15, 0.2) is 42.7 Å². The topological polar surface area (TPSA) is 82.6 Å². The Kier molecular flexibility index (Phi) is 6.19. The second-order valence-corrected chi connectivity index (χ2v) is 8.70. The lowest BCUT2D eigenvalue weighted by atomic mass is 10.00. The number of piperidine rings is 1. The molecule has 2 fully saturated rings. The van der Waals surface area contributed by atoms with Crippen LogP contribution in [0, 0.1) is 12.3 Å². The maximum absolute atomic E-state index is 13.2. The number of methoxy groups -OCH3 is 1. The standard InChI is InChI=1S/C26H28N6O2/c1-3-18-7-6-8-19(13-18)29-25-21-14-23(24(34-2)15-22(21)27-17-28-25)30-26(33)32-12-11-31-10-5-4-9-20(31)16-32/h1,6-8,13-15,17,20H,4-5,9-12,16H2,2H3,(H,30,33)(H,27,28,29). The van der Waals surface area contributed by atoms with Crippen molar-refractivity contribution in [1.82, 2.24) is 19.8 Å². The molecular weight excluding hydrogens is 428 g/mol. The smallest absolute Gasteiger partial charge is 0.322 e. The number of fused-ring (bicyclic) bond motifs is 2. The molecule has 0 saturated carbocycles. The summed E-state index contributed by atoms with van der Waals surface area (Å²) in [6.45, 7) is 3.53. The molecule has 2 aromatic carbocycles. The van der Waals surface area contributed by atoms with Crippen LogP contribution in [0.1, 0.15) is 24.8 Å². The first-order valence-corrected chi connectivity index (χ1v) is 11.6. The van der Waals surface area contributed by atoms with E-state index in [2.05, 4.69) is 31.4 Å². The number of terminal acetylenes is 1. The third-order valence-corrected chi connectivity index (χ3v) is 6.61. The second kappa shape index (κ2) is 9.57. The number of aromatic nitrogens is 2. The van der Waals surface area contributed by atoms with E-state index in [-0.39, 0.29) is 6.03 Å². The van der Waals surface area contributed by atoms with Crippen LogP contribution in [0.3, 0.4) is 0 Å². The van der Waals surface area contributed by atoms with E-state index in [9.17, 15) is 4.79 Å². The first kappa shape index (κ1) is 22.0. The molecule has 2 amide bonds. The van der Waals surface area contributed by atoms with Crippen molar-refractivity contribution in [2.75, 3.05) is 43.9 Å². The number of carbonyl (C=O) groups excluding carboxylic acids is 1. The number of piperazine rings is 1. The van der Waals surface area contributed by atoms with E-state index >= 15 is 0 Å². The summed E-state index contributed by atoms with van der Waals surface area (Å²) in [6.07, 6.45) is 10.7. The number of nitrogens with zero attached hydrogens (tertiary/aromatic N) is 4. The van der Waals surface area contributed by atoms with Crippen molar-refractivity contribution in [3.63, 3.8) is 0 Å². The van der Waals surface area contributed by atoms with Crippen LogP contribution in [-0.4, -0.2) is 65.1 Å². The fourth-order valence-corrected chi connectivity index (χ4v) is 4.81. The molecular formula is C26H28N6O2. The van der Waals surface area contributed by atoms with Gasteiger partial charge in [-0.3, -0.25) is 4.90 Å². The Hall–Kier alpha value is -3.83. The number of hydrogen-bond acceptors (Lipinski definition) is 6. The molecule has 1 aromatic heterocycles. The van der Waals surface area contributed by atoms with Gasteiger partial charge in [0.15, 0.2) is 0 Å². The van der Waals surface area contributed by atoms with Crippen molar-refractivity contribution in [2.45, 2.75) is 25.3 Å². The molecule has 0 spiro atoms. The van der Waals surface area contributed by atoms with Crippen molar-refractivity contribution in [3.05, 3.63) is 48.3 Å². The number of nitrogens with one attached hydrogen (secondary N) is 2. The Labute approximate surface area is 199 Å². The van der Waals surface area contributed by atoms with Gasteiger partial charge in [0.25, 0.3) is 0 Å². The zero-order valence-corrected chi connectivity index (χ0v) is 19.3. The van der Waals surface area contributed by atoms with Gasteiger partial charge in [-0.1, -0.05) is 18.4 Å². The molecule has 34 heavy (non-hydrogen) atoms. The molecule has 1 atom stereocenters. The molecule has 2 saturated heterocycles. The maximum Gasteiger partial charge on any atom is 0.322 e. The lowest BCUT2D eigenvalue weighted by Crippen LogP contribution is -2.56. The first-order chi connectivity index (χ1) is 16.6. The molecule has 3 aromatic rings. The minimum absolute atomic E-state index is 0.115. The fourth-order valence-electron chi connectivity index (χ4n) is 4.81. The first-order valence-electron chi connectivity index (χ1n) is 11.6. The molecule has 3 heterocycles. The number of urea groups is 1. The highest BCUT2D eigenvalue weighted by atomic mass is 16.5. The van der Waals surface area contributed by atoms with Gasteiger partial charge < -0.3 is 20.3 Å². The van der Waals surface area contributed by atoms with Crippen LogP contribution >= 0.6 is 0 Å². The molecule has 2 aliphatic rings. The Bertz CT molecular complexity index is 1250. The molecule has 8 nitrogen and oxygen atoms in total. The fraction of sp³-hybridized carbons (Fsp3) is 0.346. The SMILES string of the molecule is C#Cc1cccc(Nc2ncnc3cc(OC)c(NC(=O)N4CCN5CCCCC5C4)cc23)c1. The number of rotatable bonds is 4. The van der Waals surface area contributed by atoms with E-state index < -0.39 is 0 Å². The molecule has 174 valence electrons. The van der Waals surface area contributed by atoms with Gasteiger partial charge in [-0.05, 0) is 43.7 Å². The lowest BCUT2D eigenvalue weighted by molar-refractivity contribution is 0.0678. The number of hydrogen-bond donors (Lipinski definition) is 2. The summed E-state index contributed by atoms with van der Waals surface area (Å²) in [5, 5.41) is 7.15. The minimum Gasteiger partial charge on any atom is -0.494 e. The normalized spacial score (nSPS) is 18.1. The van der Waals surface area contributed by atoms with Crippen molar-refractivity contribution >= 4 is 34.1 Å². The van der Waals surface area contributed by atoms with Crippen LogP contribution in [0.5, 0.6) is 5.75 Å². The van der Waals surface area contributed by atoms with Crippen LogP contribution < -0.4 is 15.4 Å². The maximum atomic E-state index is 13.2. The molecule has 8 heteroatoms. The number of ether oxygens (including phenoxy) is 1. The molecule has 1 unspecified atom stereocenters. The highest BCUT2D eigenvalue weighted by molar-refractivity contribution is 5.99. The largest absolute Gasteiger partial charge is 0.494 e. The van der Waals surface area contributed by atoms with E-state index in [0.29, 0.717) is 28.8 Å². The van der Waals surface area contributed by atoms with Gasteiger partial charge in [0.2, 0.25) is 0 Å². The van der Waals surface area contributed by atoms with Gasteiger partial charge in [0.05, 0.1) is 18.3 Å². The minimum atomic E-state index is -0.115. The zero-order chi connectivity index (χ0) is 23.5. The van der Waals surface area contributed by atoms with E-state index in [1.165, 1.54) is 19.2 Å². The van der Waals surface area contributed by atoms with E-state index in [0.717, 1.165) is 49.2 Å². The second-order valence-electron chi connectivity index (χ2n) is 8.70. The predicted molar refractivity (Wildman–Crippen MR) is 134 cm³/mol. The molecule has 0 radical (unpaired) electrons. The van der Waals surface area contributed by atoms with Gasteiger partial charge in [0, 0.05) is 48.4 Å². The van der Waals surface area contributed by atoms with Crippen LogP contribution in [0.2, 0.25) is 0 Å². The Morgan fingerprint density at radius 2 is 2.09 bits per heavy atom. The number of amides is 2. The van der Waals surface area contributed by atoms with E-state index in [1.807, 2.05) is 41.3 Å². The third kappa shape index (κ3) is 4.47. The van der Waals surface area contributed by atoms with Gasteiger partial charge in [-0.2, -0.15) is 0 Å². The van der Waals surface area contributed by atoms with E-state index in [1.54, 1.807) is 7.11 Å². The summed E-state index contributed by atoms with van der Waals surface area (Å²) < 4.78 is 5.57. The number of anilines is 3. The number of carbonyl (C=O) groups is 1. The van der Waals surface area contributed by atoms with Crippen LogP contribution in [0.25, 0.3) is 10.9 Å². The quantitative estimate of drug-likeness (QED) is 0.576. The molecule has 2 aliphatic heterocycles. The summed E-state index contributed by atoms with van der Waals surface area (Å²) in [5.41, 5.74) is 2.89. The van der Waals surface area contributed by atoms with Crippen molar-refractivity contribution in [2.24, 2.45) is 0 Å². The van der Waals surface area contributed by atoms with Gasteiger partial charge in [-0.15, -0.1) is 6.42 Å².